The van der Waals surface area contributed by atoms with E-state index in [1.807, 2.05) is 0 Å². The Balaban J connectivity index is 2.51. The Morgan fingerprint density at radius 2 is 2.14 bits per heavy atom. The van der Waals surface area contributed by atoms with E-state index < -0.39 is 23.1 Å². The van der Waals surface area contributed by atoms with Crippen LogP contribution in [0.3, 0.4) is 0 Å². The number of hydrogen-bond acceptors (Lipinski definition) is 5. The van der Waals surface area contributed by atoms with Crippen LogP contribution in [0.5, 0.6) is 0 Å². The SMILES string of the molecule is CC(C)C(=O)OC1CS(O)(O)OC1C. The normalized spacial score (nSPS) is 33.0. The van der Waals surface area contributed by atoms with E-state index in [1.54, 1.807) is 20.8 Å². The Morgan fingerprint density at radius 1 is 1.57 bits per heavy atom. The summed E-state index contributed by atoms with van der Waals surface area (Å²) in [6.07, 6.45) is -1.00. The van der Waals surface area contributed by atoms with Crippen molar-refractivity contribution in [3.05, 3.63) is 0 Å². The van der Waals surface area contributed by atoms with Crippen LogP contribution in [0.1, 0.15) is 20.8 Å². The Kier molecular flexibility index (Phi) is 3.41. The molecule has 6 heteroatoms. The lowest BCUT2D eigenvalue weighted by molar-refractivity contribution is -0.154. The number of carbonyl (C=O) groups is 1. The van der Waals surface area contributed by atoms with Crippen molar-refractivity contribution >= 4 is 16.8 Å². The first-order valence-corrected chi connectivity index (χ1v) is 6.10. The van der Waals surface area contributed by atoms with Crippen molar-refractivity contribution in [1.29, 1.82) is 0 Å². The van der Waals surface area contributed by atoms with Crippen molar-refractivity contribution in [2.75, 3.05) is 5.75 Å². The van der Waals surface area contributed by atoms with E-state index in [-0.39, 0.29) is 17.6 Å². The zero-order valence-corrected chi connectivity index (χ0v) is 9.28. The van der Waals surface area contributed by atoms with E-state index in [0.29, 0.717) is 0 Å². The third-order valence-corrected chi connectivity index (χ3v) is 3.32. The summed E-state index contributed by atoms with van der Waals surface area (Å²) in [5.41, 5.74) is 0. The molecule has 1 rings (SSSR count). The van der Waals surface area contributed by atoms with Crippen LogP contribution in [-0.4, -0.2) is 33.0 Å². The predicted molar refractivity (Wildman–Crippen MR) is 53.0 cm³/mol. The Labute approximate surface area is 85.0 Å². The fourth-order valence-electron chi connectivity index (χ4n) is 1.11. The maximum atomic E-state index is 11.2. The Morgan fingerprint density at radius 3 is 2.50 bits per heavy atom. The van der Waals surface area contributed by atoms with Crippen LogP contribution in [0.25, 0.3) is 0 Å². The van der Waals surface area contributed by atoms with Crippen LogP contribution < -0.4 is 0 Å². The van der Waals surface area contributed by atoms with Gasteiger partial charge in [0.1, 0.15) is 12.2 Å². The minimum Gasteiger partial charge on any atom is -0.458 e. The molecule has 0 saturated carbocycles. The van der Waals surface area contributed by atoms with Gasteiger partial charge in [-0.15, -0.1) is 0 Å². The van der Waals surface area contributed by atoms with Crippen molar-refractivity contribution in [1.82, 2.24) is 0 Å². The zero-order chi connectivity index (χ0) is 10.9. The summed E-state index contributed by atoms with van der Waals surface area (Å²) in [5, 5.41) is 0. The Hall–Kier alpha value is -0.300. The monoisotopic (exact) mass is 224 g/mol. The molecule has 1 heterocycles. The predicted octanol–water partition coefficient (Wildman–Crippen LogP) is 1.64. The van der Waals surface area contributed by atoms with Crippen LogP contribution in [0.2, 0.25) is 0 Å². The van der Waals surface area contributed by atoms with E-state index >= 15 is 0 Å². The van der Waals surface area contributed by atoms with Gasteiger partial charge in [-0.2, -0.15) is 0 Å². The summed E-state index contributed by atoms with van der Waals surface area (Å²) >= 11 is 0. The molecule has 0 spiro atoms. The number of ether oxygens (including phenoxy) is 1. The lowest BCUT2D eigenvalue weighted by Crippen LogP contribution is -2.29. The number of carbonyl (C=O) groups excluding carboxylic acids is 1. The summed E-state index contributed by atoms with van der Waals surface area (Å²) in [6, 6.07) is 0. The van der Waals surface area contributed by atoms with Crippen molar-refractivity contribution in [2.24, 2.45) is 5.92 Å². The van der Waals surface area contributed by atoms with E-state index in [4.69, 9.17) is 8.92 Å². The minimum absolute atomic E-state index is 0.0212. The molecule has 0 amide bonds. The zero-order valence-electron chi connectivity index (χ0n) is 8.47. The van der Waals surface area contributed by atoms with Gasteiger partial charge >= 0.3 is 5.97 Å². The summed E-state index contributed by atoms with van der Waals surface area (Å²) < 4.78 is 28.3. The molecular weight excluding hydrogens is 208 g/mol. The third-order valence-electron chi connectivity index (χ3n) is 1.95. The number of esters is 1. The molecule has 14 heavy (non-hydrogen) atoms. The van der Waals surface area contributed by atoms with E-state index in [0.717, 1.165) is 0 Å². The molecule has 0 aromatic rings. The molecule has 5 nitrogen and oxygen atoms in total. The molecule has 0 aromatic heterocycles. The van der Waals surface area contributed by atoms with Gasteiger partial charge in [0.25, 0.3) is 0 Å². The number of hydrogen-bond donors (Lipinski definition) is 2. The smallest absolute Gasteiger partial charge is 0.308 e. The first-order chi connectivity index (χ1) is 6.32. The van der Waals surface area contributed by atoms with Gasteiger partial charge in [-0.25, -0.2) is 0 Å². The lowest BCUT2D eigenvalue weighted by atomic mass is 10.2. The molecule has 1 aliphatic rings. The summed E-state index contributed by atoms with van der Waals surface area (Å²) in [5.74, 6) is -0.584. The van der Waals surface area contributed by atoms with Crippen LogP contribution >= 0.6 is 10.9 Å². The molecule has 2 unspecified atom stereocenters. The molecular formula is C8H16O5S. The van der Waals surface area contributed by atoms with Crippen molar-refractivity contribution in [3.8, 4) is 0 Å². The quantitative estimate of drug-likeness (QED) is 0.697. The van der Waals surface area contributed by atoms with Gasteiger partial charge in [-0.1, -0.05) is 13.8 Å². The van der Waals surface area contributed by atoms with Gasteiger partial charge in [-0.05, 0) is 6.92 Å². The highest BCUT2D eigenvalue weighted by Crippen LogP contribution is 2.49. The topological polar surface area (TPSA) is 76.0 Å². The van der Waals surface area contributed by atoms with Crippen molar-refractivity contribution in [3.63, 3.8) is 0 Å². The lowest BCUT2D eigenvalue weighted by Gasteiger charge is -2.18. The second kappa shape index (κ2) is 4.06. The maximum absolute atomic E-state index is 11.2. The largest absolute Gasteiger partial charge is 0.458 e. The average Bonchev–Trinajstić information content (AvgIpc) is 2.24. The van der Waals surface area contributed by atoms with Crippen LogP contribution in [0.4, 0.5) is 0 Å². The molecule has 1 saturated heterocycles. The van der Waals surface area contributed by atoms with Gasteiger partial charge in [0, 0.05) is 0 Å². The summed E-state index contributed by atoms with van der Waals surface area (Å²) in [7, 11) is -2.99. The highest BCUT2D eigenvalue weighted by Gasteiger charge is 2.41. The van der Waals surface area contributed by atoms with Crippen LogP contribution in [-0.2, 0) is 13.7 Å². The van der Waals surface area contributed by atoms with Gasteiger partial charge in [-0.3, -0.25) is 8.98 Å². The van der Waals surface area contributed by atoms with Crippen molar-refractivity contribution in [2.45, 2.75) is 33.0 Å². The summed E-state index contributed by atoms with van der Waals surface area (Å²) in [6.45, 7) is 5.10. The highest BCUT2D eigenvalue weighted by atomic mass is 32.3. The maximum Gasteiger partial charge on any atom is 0.308 e. The van der Waals surface area contributed by atoms with Gasteiger partial charge in [0.15, 0.2) is 0 Å². The van der Waals surface area contributed by atoms with Crippen LogP contribution in [0.15, 0.2) is 0 Å². The molecule has 1 fully saturated rings. The molecule has 0 radical (unpaired) electrons. The number of rotatable bonds is 2. The van der Waals surface area contributed by atoms with Gasteiger partial charge < -0.3 is 13.8 Å². The second-order valence-corrected chi connectivity index (χ2v) is 5.44. The van der Waals surface area contributed by atoms with E-state index in [1.165, 1.54) is 0 Å². The molecule has 2 N–H and O–H groups in total. The van der Waals surface area contributed by atoms with Gasteiger partial charge in [0.05, 0.1) is 22.5 Å². The first kappa shape index (κ1) is 11.8. The van der Waals surface area contributed by atoms with E-state index in [2.05, 4.69) is 0 Å². The third kappa shape index (κ3) is 2.84. The fraction of sp³-hybridized carbons (Fsp3) is 0.875. The molecule has 0 aliphatic carbocycles. The van der Waals surface area contributed by atoms with E-state index in [9.17, 15) is 13.9 Å². The first-order valence-electron chi connectivity index (χ1n) is 4.46. The fourth-order valence-corrected chi connectivity index (χ4v) is 2.56. The highest BCUT2D eigenvalue weighted by molar-refractivity contribution is 8.20. The van der Waals surface area contributed by atoms with Crippen molar-refractivity contribution < 1.29 is 22.8 Å². The average molecular weight is 224 g/mol. The van der Waals surface area contributed by atoms with Gasteiger partial charge in [0.2, 0.25) is 0 Å². The molecule has 1 aliphatic heterocycles. The van der Waals surface area contributed by atoms with Crippen LogP contribution in [0, 0.1) is 5.92 Å². The molecule has 0 aromatic carbocycles. The Bertz CT molecular complexity index is 228. The molecule has 84 valence electrons. The molecule has 0 bridgehead atoms. The molecule has 2 atom stereocenters. The standard InChI is InChI=1S/C8H16O5S/c1-5(2)8(9)12-7-4-14(10,11)13-6(7)3/h5-7,10-11H,4H2,1-3H3. The minimum atomic E-state index is -2.99. The second-order valence-electron chi connectivity index (χ2n) is 3.70. The summed E-state index contributed by atoms with van der Waals surface area (Å²) in [4.78, 5) is 11.2.